The Kier molecular flexibility index (Phi) is 2.30. The van der Waals surface area contributed by atoms with E-state index < -0.39 is 10.0 Å². The first kappa shape index (κ1) is 11.7. The van der Waals surface area contributed by atoms with Gasteiger partial charge in [0.05, 0.1) is 11.4 Å². The quantitative estimate of drug-likeness (QED) is 0.770. The molecule has 0 unspecified atom stereocenters. The van der Waals surface area contributed by atoms with Crippen molar-refractivity contribution >= 4 is 15.7 Å². The van der Waals surface area contributed by atoms with Gasteiger partial charge in [0.15, 0.2) is 0 Å². The number of nitrogens with zero attached hydrogens (tertiary/aromatic N) is 1. The van der Waals surface area contributed by atoms with Gasteiger partial charge in [0.2, 0.25) is 10.0 Å². The number of piperidine rings is 1. The molecule has 0 aromatic heterocycles. The molecule has 102 valence electrons. The summed E-state index contributed by atoms with van der Waals surface area (Å²) in [7, 11) is -3.10. The summed E-state index contributed by atoms with van der Waals surface area (Å²) in [4.78, 5) is 0. The second-order valence-electron chi connectivity index (χ2n) is 5.92. The van der Waals surface area contributed by atoms with E-state index in [2.05, 4.69) is 23.5 Å². The van der Waals surface area contributed by atoms with Crippen LogP contribution in [-0.2, 0) is 21.9 Å². The first-order valence-electron chi connectivity index (χ1n) is 6.96. The Hall–Kier alpha value is -1.07. The van der Waals surface area contributed by atoms with Crippen LogP contribution in [0, 0.1) is 0 Å². The highest BCUT2D eigenvalue weighted by Crippen LogP contribution is 2.50. The Morgan fingerprint density at radius 3 is 2.79 bits per heavy atom. The fourth-order valence-corrected chi connectivity index (χ4v) is 5.51. The molecule has 1 spiro atoms. The number of benzene rings is 1. The van der Waals surface area contributed by atoms with Crippen LogP contribution in [0.4, 0.5) is 5.69 Å². The largest absolute Gasteiger partial charge is 0.317 e. The van der Waals surface area contributed by atoms with Crippen LogP contribution in [0.2, 0.25) is 0 Å². The van der Waals surface area contributed by atoms with Crippen molar-refractivity contribution in [1.82, 2.24) is 5.32 Å². The molecule has 5 heteroatoms. The molecule has 0 radical (unpaired) electrons. The van der Waals surface area contributed by atoms with Crippen molar-refractivity contribution in [3.05, 3.63) is 29.3 Å². The normalized spacial score (nSPS) is 26.4. The van der Waals surface area contributed by atoms with E-state index in [4.69, 9.17) is 0 Å². The zero-order valence-electron chi connectivity index (χ0n) is 10.9. The number of sulfonamides is 1. The van der Waals surface area contributed by atoms with Crippen molar-refractivity contribution in [1.29, 1.82) is 0 Å². The smallest absolute Gasteiger partial charge is 0.235 e. The summed E-state index contributed by atoms with van der Waals surface area (Å²) in [6.45, 7) is 2.62. The maximum Gasteiger partial charge on any atom is 0.235 e. The average Bonchev–Trinajstić information content (AvgIpc) is 2.73. The van der Waals surface area contributed by atoms with Crippen molar-refractivity contribution in [3.63, 3.8) is 0 Å². The lowest BCUT2D eigenvalue weighted by Gasteiger charge is -2.34. The predicted molar refractivity (Wildman–Crippen MR) is 75.1 cm³/mol. The third kappa shape index (κ3) is 1.51. The van der Waals surface area contributed by atoms with Crippen LogP contribution in [0.25, 0.3) is 0 Å². The number of nitrogens with one attached hydrogen (secondary N) is 1. The van der Waals surface area contributed by atoms with Gasteiger partial charge in [-0.1, -0.05) is 18.2 Å². The first-order chi connectivity index (χ1) is 9.12. The molecule has 0 bridgehead atoms. The predicted octanol–water partition coefficient (Wildman–Crippen LogP) is 1.01. The maximum atomic E-state index is 12.3. The summed E-state index contributed by atoms with van der Waals surface area (Å²) < 4.78 is 26.4. The van der Waals surface area contributed by atoms with E-state index in [-0.39, 0.29) is 11.2 Å². The zero-order chi connectivity index (χ0) is 13.1. The lowest BCUT2D eigenvalue weighted by Crippen LogP contribution is -2.45. The van der Waals surface area contributed by atoms with Crippen LogP contribution in [0.1, 0.15) is 24.0 Å². The number of hydrogen-bond donors (Lipinski definition) is 1. The molecule has 0 saturated carbocycles. The molecule has 1 N–H and O–H groups in total. The van der Waals surface area contributed by atoms with Gasteiger partial charge in [-0.25, -0.2) is 8.42 Å². The van der Waals surface area contributed by atoms with Gasteiger partial charge in [0, 0.05) is 12.0 Å². The lowest BCUT2D eigenvalue weighted by molar-refractivity contribution is 0.330. The van der Waals surface area contributed by atoms with Gasteiger partial charge in [0.1, 0.15) is 0 Å². The number of rotatable bonds is 0. The molecule has 0 amide bonds. The van der Waals surface area contributed by atoms with Crippen molar-refractivity contribution in [2.24, 2.45) is 0 Å². The Morgan fingerprint density at radius 2 is 2.00 bits per heavy atom. The molecule has 0 aliphatic carbocycles. The monoisotopic (exact) mass is 278 g/mol. The molecule has 1 aromatic carbocycles. The topological polar surface area (TPSA) is 49.4 Å². The van der Waals surface area contributed by atoms with Gasteiger partial charge in [0.25, 0.3) is 0 Å². The third-order valence-corrected chi connectivity index (χ3v) is 6.62. The number of aryl methyl sites for hydroxylation is 1. The highest BCUT2D eigenvalue weighted by molar-refractivity contribution is 7.92. The zero-order valence-corrected chi connectivity index (χ0v) is 11.7. The van der Waals surface area contributed by atoms with Crippen LogP contribution in [0.15, 0.2) is 18.2 Å². The van der Waals surface area contributed by atoms with Gasteiger partial charge in [-0.2, -0.15) is 0 Å². The van der Waals surface area contributed by atoms with Crippen molar-refractivity contribution in [2.45, 2.75) is 24.7 Å². The number of hydrogen-bond acceptors (Lipinski definition) is 3. The Balaban J connectivity index is 1.93. The molecule has 0 atom stereocenters. The van der Waals surface area contributed by atoms with E-state index in [0.29, 0.717) is 13.0 Å². The van der Waals surface area contributed by atoms with E-state index in [0.717, 1.165) is 31.6 Å². The highest BCUT2D eigenvalue weighted by Gasteiger charge is 2.48. The van der Waals surface area contributed by atoms with E-state index in [9.17, 15) is 8.42 Å². The SMILES string of the molecule is O=S1(=O)CCc2cccc3c2N1CC31CCNCC1. The molecule has 3 aliphatic rings. The molecule has 1 aromatic rings. The molecule has 3 aliphatic heterocycles. The third-order valence-electron chi connectivity index (χ3n) is 4.91. The second kappa shape index (κ2) is 3.73. The second-order valence-corrected chi connectivity index (χ2v) is 7.93. The van der Waals surface area contributed by atoms with E-state index in [1.807, 2.05) is 0 Å². The molecular weight excluding hydrogens is 260 g/mol. The average molecular weight is 278 g/mol. The maximum absolute atomic E-state index is 12.3. The van der Waals surface area contributed by atoms with E-state index in [1.54, 1.807) is 4.31 Å². The summed E-state index contributed by atoms with van der Waals surface area (Å²) in [6, 6.07) is 6.32. The van der Waals surface area contributed by atoms with Crippen molar-refractivity contribution < 1.29 is 8.42 Å². The summed E-state index contributed by atoms with van der Waals surface area (Å²) >= 11 is 0. The number of anilines is 1. The van der Waals surface area contributed by atoms with E-state index >= 15 is 0 Å². The van der Waals surface area contributed by atoms with E-state index in [1.165, 1.54) is 11.1 Å². The van der Waals surface area contributed by atoms with Gasteiger partial charge < -0.3 is 5.32 Å². The van der Waals surface area contributed by atoms with Crippen LogP contribution in [-0.4, -0.2) is 33.8 Å². The van der Waals surface area contributed by atoms with Crippen LogP contribution in [0.3, 0.4) is 0 Å². The minimum Gasteiger partial charge on any atom is -0.317 e. The van der Waals surface area contributed by atoms with Gasteiger partial charge in [-0.15, -0.1) is 0 Å². The van der Waals surface area contributed by atoms with Crippen LogP contribution < -0.4 is 9.62 Å². The standard InChI is InChI=1S/C14H18N2O2S/c17-19(18)9-4-11-2-1-3-12-13(11)16(19)10-14(12)5-7-15-8-6-14/h1-3,15H,4-10H2. The molecular formula is C14H18N2O2S. The highest BCUT2D eigenvalue weighted by atomic mass is 32.2. The van der Waals surface area contributed by atoms with Gasteiger partial charge in [-0.3, -0.25) is 4.31 Å². The Morgan fingerprint density at radius 1 is 1.21 bits per heavy atom. The molecule has 19 heavy (non-hydrogen) atoms. The number of para-hydroxylation sites is 1. The minimum atomic E-state index is -3.10. The summed E-state index contributed by atoms with van der Waals surface area (Å²) in [6.07, 6.45) is 2.74. The Labute approximate surface area is 113 Å². The molecule has 4 rings (SSSR count). The van der Waals surface area contributed by atoms with Crippen LogP contribution >= 0.6 is 0 Å². The summed E-state index contributed by atoms with van der Waals surface area (Å²) in [5.41, 5.74) is 3.54. The Bertz CT molecular complexity index is 633. The molecule has 4 nitrogen and oxygen atoms in total. The first-order valence-corrected chi connectivity index (χ1v) is 8.57. The van der Waals surface area contributed by atoms with Gasteiger partial charge in [-0.05, 0) is 43.5 Å². The molecule has 1 fully saturated rings. The molecule has 3 heterocycles. The lowest BCUT2D eigenvalue weighted by atomic mass is 9.74. The van der Waals surface area contributed by atoms with Crippen molar-refractivity contribution in [2.75, 3.05) is 29.7 Å². The van der Waals surface area contributed by atoms with Crippen LogP contribution in [0.5, 0.6) is 0 Å². The minimum absolute atomic E-state index is 0.0496. The summed E-state index contributed by atoms with van der Waals surface area (Å²) in [5.74, 6) is 0.262. The molecule has 1 saturated heterocycles. The van der Waals surface area contributed by atoms with Crippen molar-refractivity contribution in [3.8, 4) is 0 Å². The van der Waals surface area contributed by atoms with Gasteiger partial charge >= 0.3 is 0 Å². The summed E-state index contributed by atoms with van der Waals surface area (Å²) in [5, 5.41) is 3.38. The fourth-order valence-electron chi connectivity index (χ4n) is 3.87. The fraction of sp³-hybridized carbons (Fsp3) is 0.571. The number of fused-ring (bicyclic) bond motifs is 1.